The van der Waals surface area contributed by atoms with E-state index in [4.69, 9.17) is 10.7 Å². The first-order valence-electron chi connectivity index (χ1n) is 4.48. The molecule has 2 saturated carbocycles. The lowest BCUT2D eigenvalue weighted by Gasteiger charge is -2.39. The monoisotopic (exact) mass is 208 g/mol. The molecule has 0 spiro atoms. The first kappa shape index (κ1) is 8.82. The Morgan fingerprint density at radius 2 is 2.08 bits per heavy atom. The van der Waals surface area contributed by atoms with E-state index in [2.05, 4.69) is 0 Å². The molecule has 0 saturated heterocycles. The summed E-state index contributed by atoms with van der Waals surface area (Å²) in [5.74, 6) is 2.09. The third-order valence-electron chi connectivity index (χ3n) is 3.34. The molecule has 3 atom stereocenters. The Kier molecular flexibility index (Phi) is 2.11. The minimum Gasteiger partial charge on any atom is -0.212 e. The van der Waals surface area contributed by atoms with Gasteiger partial charge in [0.05, 0.1) is 5.75 Å². The molecule has 3 unspecified atom stereocenters. The van der Waals surface area contributed by atoms with Gasteiger partial charge in [0.25, 0.3) is 0 Å². The van der Waals surface area contributed by atoms with Crippen LogP contribution in [0.15, 0.2) is 0 Å². The van der Waals surface area contributed by atoms with Gasteiger partial charge < -0.3 is 0 Å². The van der Waals surface area contributed by atoms with Crippen LogP contribution >= 0.6 is 10.7 Å². The van der Waals surface area contributed by atoms with E-state index in [0.29, 0.717) is 11.8 Å². The Morgan fingerprint density at radius 3 is 2.67 bits per heavy atom. The molecule has 0 amide bonds. The number of hydrogen-bond donors (Lipinski definition) is 0. The molecule has 4 heteroatoms. The van der Waals surface area contributed by atoms with Crippen molar-refractivity contribution in [3.63, 3.8) is 0 Å². The molecular formula is C8H13ClO2S. The Labute approximate surface area is 77.7 Å². The van der Waals surface area contributed by atoms with Gasteiger partial charge in [-0.1, -0.05) is 12.8 Å². The second-order valence-electron chi connectivity index (χ2n) is 4.06. The molecular weight excluding hydrogens is 196 g/mol. The van der Waals surface area contributed by atoms with Crippen molar-refractivity contribution in [3.05, 3.63) is 0 Å². The van der Waals surface area contributed by atoms with Crippen molar-refractivity contribution < 1.29 is 8.42 Å². The van der Waals surface area contributed by atoms with E-state index in [-0.39, 0.29) is 5.75 Å². The standard InChI is InChI=1S/C8H13ClO2S/c9-12(10,11)5-7-4-6-2-1-3-8(6)7/h6-8H,1-5H2. The summed E-state index contributed by atoms with van der Waals surface area (Å²) in [4.78, 5) is 0. The van der Waals surface area contributed by atoms with Crippen molar-refractivity contribution in [1.82, 2.24) is 0 Å². The maximum absolute atomic E-state index is 10.8. The lowest BCUT2D eigenvalue weighted by molar-refractivity contribution is 0.123. The first-order chi connectivity index (χ1) is 5.56. The average Bonchev–Trinajstić information content (AvgIpc) is 2.24. The van der Waals surface area contributed by atoms with Gasteiger partial charge in [-0.3, -0.25) is 0 Å². The SMILES string of the molecule is O=S(=O)(Cl)CC1CC2CCCC21. The van der Waals surface area contributed by atoms with Crippen LogP contribution in [0.3, 0.4) is 0 Å². The zero-order valence-electron chi connectivity index (χ0n) is 6.87. The first-order valence-corrected chi connectivity index (χ1v) is 6.96. The molecule has 70 valence electrons. The number of halogens is 1. The van der Waals surface area contributed by atoms with Crippen molar-refractivity contribution in [3.8, 4) is 0 Å². The lowest BCUT2D eigenvalue weighted by atomic mass is 9.68. The van der Waals surface area contributed by atoms with Crippen LogP contribution in [0.2, 0.25) is 0 Å². The summed E-state index contributed by atoms with van der Waals surface area (Å²) in [6, 6.07) is 0. The summed E-state index contributed by atoms with van der Waals surface area (Å²) in [6.45, 7) is 0. The minimum atomic E-state index is -3.25. The highest BCUT2D eigenvalue weighted by Crippen LogP contribution is 2.51. The summed E-state index contributed by atoms with van der Waals surface area (Å²) in [5, 5.41) is 0. The Morgan fingerprint density at radius 1 is 1.33 bits per heavy atom. The molecule has 2 aliphatic carbocycles. The fraction of sp³-hybridized carbons (Fsp3) is 1.00. The molecule has 2 nitrogen and oxygen atoms in total. The van der Waals surface area contributed by atoms with Crippen LogP contribution in [0.4, 0.5) is 0 Å². The zero-order valence-corrected chi connectivity index (χ0v) is 8.44. The third kappa shape index (κ3) is 1.62. The van der Waals surface area contributed by atoms with Crippen molar-refractivity contribution >= 4 is 19.7 Å². The largest absolute Gasteiger partial charge is 0.232 e. The summed E-state index contributed by atoms with van der Waals surface area (Å²) in [5.41, 5.74) is 0. The van der Waals surface area contributed by atoms with Gasteiger partial charge in [0.2, 0.25) is 9.05 Å². The number of hydrogen-bond acceptors (Lipinski definition) is 2. The number of rotatable bonds is 2. The molecule has 0 bridgehead atoms. The van der Waals surface area contributed by atoms with Crippen molar-refractivity contribution in [2.75, 3.05) is 5.75 Å². The molecule has 0 N–H and O–H groups in total. The van der Waals surface area contributed by atoms with E-state index in [0.717, 1.165) is 12.3 Å². The van der Waals surface area contributed by atoms with Gasteiger partial charge in [-0.25, -0.2) is 8.42 Å². The molecule has 2 rings (SSSR count). The van der Waals surface area contributed by atoms with Crippen LogP contribution in [0.25, 0.3) is 0 Å². The van der Waals surface area contributed by atoms with E-state index in [1.807, 2.05) is 0 Å². The number of fused-ring (bicyclic) bond motifs is 1. The minimum absolute atomic E-state index is 0.204. The van der Waals surface area contributed by atoms with Gasteiger partial charge >= 0.3 is 0 Å². The van der Waals surface area contributed by atoms with Crippen LogP contribution in [0.1, 0.15) is 25.7 Å². The molecule has 0 aromatic heterocycles. The topological polar surface area (TPSA) is 34.1 Å². The van der Waals surface area contributed by atoms with Crippen molar-refractivity contribution in [1.29, 1.82) is 0 Å². The van der Waals surface area contributed by atoms with Gasteiger partial charge in [-0.05, 0) is 30.6 Å². The smallest absolute Gasteiger partial charge is 0.212 e. The van der Waals surface area contributed by atoms with Crippen LogP contribution in [0, 0.1) is 17.8 Å². The molecule has 2 aliphatic rings. The second-order valence-corrected chi connectivity index (χ2v) is 6.88. The normalized spacial score (nSPS) is 40.6. The van der Waals surface area contributed by atoms with E-state index in [1.165, 1.54) is 19.3 Å². The summed E-state index contributed by atoms with van der Waals surface area (Å²) >= 11 is 0. The third-order valence-corrected chi connectivity index (χ3v) is 4.55. The van der Waals surface area contributed by atoms with Crippen LogP contribution in [-0.2, 0) is 9.05 Å². The highest BCUT2D eigenvalue weighted by molar-refractivity contribution is 8.13. The average molecular weight is 209 g/mol. The van der Waals surface area contributed by atoms with Gasteiger partial charge in [-0.2, -0.15) is 0 Å². The highest BCUT2D eigenvalue weighted by Gasteiger charge is 2.44. The maximum atomic E-state index is 10.8. The quantitative estimate of drug-likeness (QED) is 0.651. The zero-order chi connectivity index (χ0) is 8.77. The summed E-state index contributed by atoms with van der Waals surface area (Å²) in [6.07, 6.45) is 4.91. The van der Waals surface area contributed by atoms with E-state index in [9.17, 15) is 8.42 Å². The fourth-order valence-electron chi connectivity index (χ4n) is 2.79. The Bertz CT molecular complexity index is 273. The van der Waals surface area contributed by atoms with Crippen molar-refractivity contribution in [2.45, 2.75) is 25.7 Å². The van der Waals surface area contributed by atoms with Crippen LogP contribution in [-0.4, -0.2) is 14.2 Å². The van der Waals surface area contributed by atoms with Crippen LogP contribution < -0.4 is 0 Å². The lowest BCUT2D eigenvalue weighted by Crippen LogP contribution is -2.36. The van der Waals surface area contributed by atoms with Gasteiger partial charge in [0.15, 0.2) is 0 Å². The maximum Gasteiger partial charge on any atom is 0.232 e. The molecule has 0 heterocycles. The van der Waals surface area contributed by atoms with Crippen LogP contribution in [0.5, 0.6) is 0 Å². The van der Waals surface area contributed by atoms with E-state index in [1.54, 1.807) is 0 Å². The Hall–Kier alpha value is 0.240. The molecule has 0 radical (unpaired) electrons. The Balaban J connectivity index is 1.93. The summed E-state index contributed by atoms with van der Waals surface area (Å²) < 4.78 is 21.6. The van der Waals surface area contributed by atoms with Crippen molar-refractivity contribution in [2.24, 2.45) is 17.8 Å². The predicted octanol–water partition coefficient (Wildman–Crippen LogP) is 1.99. The molecule has 12 heavy (non-hydrogen) atoms. The molecule has 0 aliphatic heterocycles. The predicted molar refractivity (Wildman–Crippen MR) is 48.6 cm³/mol. The fourth-order valence-corrected chi connectivity index (χ4v) is 4.17. The van der Waals surface area contributed by atoms with Gasteiger partial charge in [0, 0.05) is 10.7 Å². The summed E-state index contributed by atoms with van der Waals surface area (Å²) in [7, 11) is 1.95. The highest BCUT2D eigenvalue weighted by atomic mass is 35.7. The van der Waals surface area contributed by atoms with E-state index >= 15 is 0 Å². The second kappa shape index (κ2) is 2.88. The molecule has 2 fully saturated rings. The van der Waals surface area contributed by atoms with Gasteiger partial charge in [0.1, 0.15) is 0 Å². The van der Waals surface area contributed by atoms with Gasteiger partial charge in [-0.15, -0.1) is 0 Å². The van der Waals surface area contributed by atoms with E-state index < -0.39 is 9.05 Å². The molecule has 0 aromatic rings. The molecule has 0 aromatic carbocycles.